The van der Waals surface area contributed by atoms with E-state index < -0.39 is 0 Å². The average molecular weight is 321 g/mol. The van der Waals surface area contributed by atoms with Crippen LogP contribution in [-0.2, 0) is 13.1 Å². The van der Waals surface area contributed by atoms with Gasteiger partial charge in [-0.1, -0.05) is 46.3 Å². The smallest absolute Gasteiger partial charge is 0.128 e. The number of nitrogens with two attached hydrogens (primary N) is 1. The topological polar surface area (TPSA) is 25.8 Å². The van der Waals surface area contributed by atoms with E-state index in [9.17, 15) is 0 Å². The van der Waals surface area contributed by atoms with Crippen molar-refractivity contribution in [2.45, 2.75) is 20.0 Å². The largest absolute Gasteiger partial charge is 0.493 e. The van der Waals surface area contributed by atoms with Crippen LogP contribution in [0.15, 0.2) is 53.0 Å². The third-order valence-corrected chi connectivity index (χ3v) is 3.40. The maximum Gasteiger partial charge on any atom is 0.128 e. The van der Waals surface area contributed by atoms with Gasteiger partial charge in [-0.3, -0.25) is 0 Å². The monoisotopic (exact) mass is 320 g/mol. The predicted molar refractivity (Wildman–Crippen MR) is 81.1 cm³/mol. The molecule has 100 valence electrons. The van der Waals surface area contributed by atoms with Crippen molar-refractivity contribution in [2.24, 2.45) is 0 Å². The van der Waals surface area contributed by atoms with Crippen molar-refractivity contribution in [3.63, 3.8) is 0 Å². The normalized spacial score (nSPS) is 10.4. The van der Waals surface area contributed by atoms with E-state index in [0.29, 0.717) is 6.61 Å². The van der Waals surface area contributed by atoms with Crippen molar-refractivity contribution >= 4 is 15.9 Å². The molecular formula is C16H19BrNO+. The fourth-order valence-electron chi connectivity index (χ4n) is 2.01. The van der Waals surface area contributed by atoms with Crippen molar-refractivity contribution in [1.82, 2.24) is 0 Å². The van der Waals surface area contributed by atoms with Crippen LogP contribution in [0.5, 0.6) is 5.75 Å². The summed E-state index contributed by atoms with van der Waals surface area (Å²) in [6.45, 7) is 4.62. The molecular weight excluding hydrogens is 302 g/mol. The van der Waals surface area contributed by atoms with Crippen LogP contribution in [0.3, 0.4) is 0 Å². The van der Waals surface area contributed by atoms with E-state index in [-0.39, 0.29) is 0 Å². The van der Waals surface area contributed by atoms with Crippen molar-refractivity contribution in [1.29, 1.82) is 0 Å². The van der Waals surface area contributed by atoms with Gasteiger partial charge in [-0.25, -0.2) is 0 Å². The van der Waals surface area contributed by atoms with Gasteiger partial charge in [-0.2, -0.15) is 0 Å². The molecule has 0 saturated carbocycles. The summed E-state index contributed by atoms with van der Waals surface area (Å²) in [6.07, 6.45) is 0. The molecule has 0 bridgehead atoms. The Hall–Kier alpha value is -1.32. The third kappa shape index (κ3) is 4.37. The number of hydrogen-bond acceptors (Lipinski definition) is 1. The summed E-state index contributed by atoms with van der Waals surface area (Å²) in [5.41, 5.74) is 2.57. The highest BCUT2D eigenvalue weighted by molar-refractivity contribution is 9.10. The summed E-state index contributed by atoms with van der Waals surface area (Å²) in [4.78, 5) is 0. The molecule has 0 spiro atoms. The molecule has 3 heteroatoms. The van der Waals surface area contributed by atoms with Crippen LogP contribution < -0.4 is 10.1 Å². The Morgan fingerprint density at radius 2 is 1.84 bits per heavy atom. The van der Waals surface area contributed by atoms with E-state index in [0.717, 1.165) is 23.3 Å². The molecule has 2 aromatic rings. The average Bonchev–Trinajstić information content (AvgIpc) is 2.43. The molecule has 0 radical (unpaired) electrons. The van der Waals surface area contributed by atoms with Gasteiger partial charge >= 0.3 is 0 Å². The van der Waals surface area contributed by atoms with Crippen molar-refractivity contribution < 1.29 is 10.1 Å². The van der Waals surface area contributed by atoms with Crippen LogP contribution in [0.25, 0.3) is 0 Å². The second-order valence-electron chi connectivity index (χ2n) is 4.37. The Morgan fingerprint density at radius 1 is 1.05 bits per heavy atom. The Bertz CT molecular complexity index is 513. The summed E-state index contributed by atoms with van der Waals surface area (Å²) < 4.78 is 6.75. The molecule has 0 atom stereocenters. The lowest BCUT2D eigenvalue weighted by Gasteiger charge is -2.10. The second-order valence-corrected chi connectivity index (χ2v) is 5.28. The first-order chi connectivity index (χ1) is 9.29. The van der Waals surface area contributed by atoms with Gasteiger partial charge in [0.15, 0.2) is 0 Å². The number of halogens is 1. The SMILES string of the molecule is CCOc1ccc(Br)cc1C[NH2+]Cc1ccccc1. The van der Waals surface area contributed by atoms with Crippen molar-refractivity contribution in [3.05, 3.63) is 64.1 Å². The van der Waals surface area contributed by atoms with E-state index >= 15 is 0 Å². The van der Waals surface area contributed by atoms with Gasteiger partial charge in [-0.15, -0.1) is 0 Å². The second kappa shape index (κ2) is 7.31. The van der Waals surface area contributed by atoms with Crippen LogP contribution in [0.2, 0.25) is 0 Å². The van der Waals surface area contributed by atoms with Crippen molar-refractivity contribution in [3.8, 4) is 5.75 Å². The quantitative estimate of drug-likeness (QED) is 0.869. The molecule has 0 heterocycles. The number of hydrogen-bond donors (Lipinski definition) is 1. The highest BCUT2D eigenvalue weighted by atomic mass is 79.9. The van der Waals surface area contributed by atoms with Crippen molar-refractivity contribution in [2.75, 3.05) is 6.61 Å². The molecule has 2 rings (SSSR count). The number of benzene rings is 2. The molecule has 0 unspecified atom stereocenters. The van der Waals surface area contributed by atoms with E-state index in [2.05, 4.69) is 51.6 Å². The zero-order chi connectivity index (χ0) is 13.5. The van der Waals surface area contributed by atoms with Crippen LogP contribution >= 0.6 is 15.9 Å². The minimum atomic E-state index is 0.702. The van der Waals surface area contributed by atoms with Crippen LogP contribution in [0.1, 0.15) is 18.1 Å². The zero-order valence-corrected chi connectivity index (χ0v) is 12.7. The maximum atomic E-state index is 5.65. The van der Waals surface area contributed by atoms with Gasteiger partial charge in [0.1, 0.15) is 18.8 Å². The summed E-state index contributed by atoms with van der Waals surface area (Å²) in [6, 6.07) is 16.7. The summed E-state index contributed by atoms with van der Waals surface area (Å²) >= 11 is 3.51. The molecule has 2 aromatic carbocycles. The van der Waals surface area contributed by atoms with Gasteiger partial charge in [0.05, 0.1) is 6.61 Å². The number of rotatable bonds is 6. The number of quaternary nitrogens is 1. The van der Waals surface area contributed by atoms with E-state index in [4.69, 9.17) is 4.74 Å². The molecule has 0 amide bonds. The molecule has 0 aliphatic rings. The van der Waals surface area contributed by atoms with Gasteiger partial charge in [0, 0.05) is 15.6 Å². The predicted octanol–water partition coefficient (Wildman–Crippen LogP) is 3.11. The molecule has 2 nitrogen and oxygen atoms in total. The summed E-state index contributed by atoms with van der Waals surface area (Å²) in [5.74, 6) is 0.981. The number of ether oxygens (including phenoxy) is 1. The fraction of sp³-hybridized carbons (Fsp3) is 0.250. The minimum absolute atomic E-state index is 0.702. The van der Waals surface area contributed by atoms with Gasteiger partial charge in [-0.05, 0) is 25.1 Å². The first kappa shape index (κ1) is 14.1. The molecule has 0 saturated heterocycles. The van der Waals surface area contributed by atoms with E-state index in [1.54, 1.807) is 0 Å². The van der Waals surface area contributed by atoms with Gasteiger partial charge < -0.3 is 10.1 Å². The Morgan fingerprint density at radius 3 is 2.58 bits per heavy atom. The lowest BCUT2D eigenvalue weighted by Crippen LogP contribution is -2.80. The van der Waals surface area contributed by atoms with Crippen LogP contribution in [-0.4, -0.2) is 6.61 Å². The van der Waals surface area contributed by atoms with Gasteiger partial charge in [0.2, 0.25) is 0 Å². The molecule has 0 aliphatic heterocycles. The fourth-order valence-corrected chi connectivity index (χ4v) is 2.42. The Kier molecular flexibility index (Phi) is 5.43. The summed E-state index contributed by atoms with van der Waals surface area (Å²) in [5, 5.41) is 2.29. The molecule has 0 fully saturated rings. The molecule has 0 aliphatic carbocycles. The summed E-state index contributed by atoms with van der Waals surface area (Å²) in [7, 11) is 0. The van der Waals surface area contributed by atoms with Gasteiger partial charge in [0.25, 0.3) is 0 Å². The van der Waals surface area contributed by atoms with E-state index in [1.165, 1.54) is 11.1 Å². The zero-order valence-electron chi connectivity index (χ0n) is 11.1. The van der Waals surface area contributed by atoms with Crippen LogP contribution in [0, 0.1) is 0 Å². The highest BCUT2D eigenvalue weighted by Crippen LogP contribution is 2.22. The molecule has 0 aromatic heterocycles. The Labute approximate surface area is 122 Å². The lowest BCUT2D eigenvalue weighted by molar-refractivity contribution is -0.686. The first-order valence-corrected chi connectivity index (χ1v) is 7.35. The molecule has 19 heavy (non-hydrogen) atoms. The van der Waals surface area contributed by atoms with Crippen LogP contribution in [0.4, 0.5) is 0 Å². The lowest BCUT2D eigenvalue weighted by atomic mass is 10.2. The highest BCUT2D eigenvalue weighted by Gasteiger charge is 2.06. The minimum Gasteiger partial charge on any atom is -0.493 e. The first-order valence-electron chi connectivity index (χ1n) is 6.56. The third-order valence-electron chi connectivity index (χ3n) is 2.91. The van der Waals surface area contributed by atoms with E-state index in [1.807, 2.05) is 25.1 Å². The Balaban J connectivity index is 1.96. The maximum absolute atomic E-state index is 5.65. The standard InChI is InChI=1S/C16H18BrNO/c1-2-19-16-9-8-15(17)10-14(16)12-18-11-13-6-4-3-5-7-13/h3-10,18H,2,11-12H2,1H3/p+1. The molecule has 2 N–H and O–H groups in total.